The third-order valence-electron chi connectivity index (χ3n) is 1.56. The molecule has 0 fully saturated rings. The van der Waals surface area contributed by atoms with Crippen molar-refractivity contribution in [2.24, 2.45) is 0 Å². The van der Waals surface area contributed by atoms with Crippen LogP contribution in [0, 0.1) is 0 Å². The van der Waals surface area contributed by atoms with Gasteiger partial charge in [-0.15, -0.1) is 0 Å². The van der Waals surface area contributed by atoms with Crippen molar-refractivity contribution in [3.05, 3.63) is 0 Å². The molecule has 0 saturated heterocycles. The highest BCUT2D eigenvalue weighted by atomic mass is 19.4. The minimum Gasteiger partial charge on any atom is -0.443 e. The van der Waals surface area contributed by atoms with Gasteiger partial charge in [-0.05, 0) is 27.2 Å². The summed E-state index contributed by atoms with van der Waals surface area (Å²) < 4.78 is 41.7. The van der Waals surface area contributed by atoms with Gasteiger partial charge in [0.25, 0.3) is 0 Å². The molecule has 0 bridgehead atoms. The zero-order chi connectivity index (χ0) is 13.7. The molecule has 0 unspecified atom stereocenters. The Hall–Kier alpha value is -1.02. The minimum atomic E-state index is -4.56. The second-order valence-corrected chi connectivity index (χ2v) is 4.38. The summed E-state index contributed by atoms with van der Waals surface area (Å²) in [6.45, 7) is 4.11. The van der Waals surface area contributed by atoms with Gasteiger partial charge in [0.1, 0.15) is 11.6 Å². The molecule has 0 aliphatic rings. The molecule has 3 N–H and O–H groups in total. The maximum absolute atomic E-state index is 12.3. The number of amides is 1. The van der Waals surface area contributed by atoms with Crippen molar-refractivity contribution in [2.75, 3.05) is 6.61 Å². The Labute approximate surface area is 97.3 Å². The molecule has 0 aliphatic heterocycles. The van der Waals surface area contributed by atoms with Crippen LogP contribution in [0.25, 0.3) is 0 Å². The van der Waals surface area contributed by atoms with E-state index in [2.05, 4.69) is 0 Å². The maximum Gasteiger partial charge on any atom is 0.422 e. The van der Waals surface area contributed by atoms with Crippen LogP contribution in [0.4, 0.5) is 18.0 Å². The maximum atomic E-state index is 12.3. The van der Waals surface area contributed by atoms with Crippen molar-refractivity contribution in [1.82, 2.24) is 10.9 Å². The summed E-state index contributed by atoms with van der Waals surface area (Å²) >= 11 is 0. The number of ether oxygens (including phenoxy) is 1. The fraction of sp³-hybridized carbons (Fsp3) is 0.889. The van der Waals surface area contributed by atoms with Gasteiger partial charge in [-0.2, -0.15) is 13.2 Å². The molecule has 0 spiro atoms. The molecule has 1 atom stereocenters. The normalized spacial score (nSPS) is 14.3. The van der Waals surface area contributed by atoms with Gasteiger partial charge in [-0.1, -0.05) is 0 Å². The monoisotopic (exact) mass is 258 g/mol. The lowest BCUT2D eigenvalue weighted by Gasteiger charge is -2.23. The van der Waals surface area contributed by atoms with Crippen LogP contribution in [0.2, 0.25) is 0 Å². The molecule has 0 aliphatic carbocycles. The Morgan fingerprint density at radius 3 is 2.24 bits per heavy atom. The molecule has 102 valence electrons. The van der Waals surface area contributed by atoms with Gasteiger partial charge in [0, 0.05) is 6.61 Å². The van der Waals surface area contributed by atoms with E-state index in [-0.39, 0.29) is 0 Å². The SMILES string of the molecule is CC(C)(C)OC(=O)NN[C@H](CCO)C(F)(F)F. The number of halogens is 3. The first-order valence-corrected chi connectivity index (χ1v) is 4.98. The van der Waals surface area contributed by atoms with Gasteiger partial charge in [0.2, 0.25) is 0 Å². The number of aliphatic hydroxyl groups is 1. The molecule has 0 radical (unpaired) electrons. The first-order valence-electron chi connectivity index (χ1n) is 4.98. The van der Waals surface area contributed by atoms with E-state index in [1.165, 1.54) is 0 Å². The van der Waals surface area contributed by atoms with E-state index in [4.69, 9.17) is 9.84 Å². The number of hydrazine groups is 1. The number of nitrogens with one attached hydrogen (secondary N) is 2. The summed E-state index contributed by atoms with van der Waals surface area (Å²) in [5, 5.41) is 8.47. The minimum absolute atomic E-state index is 0.556. The molecular weight excluding hydrogens is 241 g/mol. The van der Waals surface area contributed by atoms with E-state index in [1.54, 1.807) is 31.6 Å². The topological polar surface area (TPSA) is 70.6 Å². The third-order valence-corrected chi connectivity index (χ3v) is 1.56. The summed E-state index contributed by atoms with van der Waals surface area (Å²) in [4.78, 5) is 11.1. The molecular formula is C9H17F3N2O3. The first kappa shape index (κ1) is 16.0. The van der Waals surface area contributed by atoms with Crippen molar-refractivity contribution >= 4 is 6.09 Å². The number of aliphatic hydroxyl groups excluding tert-OH is 1. The highest BCUT2D eigenvalue weighted by Gasteiger charge is 2.39. The van der Waals surface area contributed by atoms with Crippen molar-refractivity contribution in [1.29, 1.82) is 0 Å². The Balaban J connectivity index is 4.18. The van der Waals surface area contributed by atoms with Crippen LogP contribution in [-0.2, 0) is 4.74 Å². The Bertz CT molecular complexity index is 251. The fourth-order valence-electron chi connectivity index (χ4n) is 0.896. The number of alkyl halides is 3. The summed E-state index contributed by atoms with van der Waals surface area (Å²) in [5.41, 5.74) is 2.77. The van der Waals surface area contributed by atoms with Gasteiger partial charge < -0.3 is 9.84 Å². The highest BCUT2D eigenvalue weighted by molar-refractivity contribution is 5.67. The zero-order valence-corrected chi connectivity index (χ0v) is 9.89. The molecule has 0 aromatic rings. The van der Waals surface area contributed by atoms with Crippen LogP contribution in [0.5, 0.6) is 0 Å². The lowest BCUT2D eigenvalue weighted by molar-refractivity contribution is -0.161. The van der Waals surface area contributed by atoms with Gasteiger partial charge in [-0.25, -0.2) is 10.2 Å². The second kappa shape index (κ2) is 6.06. The standard InChI is InChI=1S/C9H17F3N2O3/c1-8(2,3)17-7(16)14-13-6(4-5-15)9(10,11)12/h6,13,15H,4-5H2,1-3H3,(H,14,16)/t6-/m1/s1. The van der Waals surface area contributed by atoms with Crippen LogP contribution in [0.3, 0.4) is 0 Å². The van der Waals surface area contributed by atoms with Gasteiger partial charge in [0.15, 0.2) is 0 Å². The van der Waals surface area contributed by atoms with E-state index in [0.717, 1.165) is 0 Å². The molecule has 0 saturated carbocycles. The fourth-order valence-corrected chi connectivity index (χ4v) is 0.896. The number of carbonyl (C=O) groups excluding carboxylic acids is 1. The number of hydrogen-bond acceptors (Lipinski definition) is 4. The molecule has 17 heavy (non-hydrogen) atoms. The number of carbonyl (C=O) groups is 1. The summed E-state index contributed by atoms with van der Waals surface area (Å²) in [5.74, 6) is 0. The number of hydrogen-bond donors (Lipinski definition) is 3. The van der Waals surface area contributed by atoms with Crippen molar-refractivity contribution in [3.8, 4) is 0 Å². The predicted octanol–water partition coefficient (Wildman–Crippen LogP) is 1.33. The number of rotatable bonds is 4. The zero-order valence-electron chi connectivity index (χ0n) is 9.89. The first-order chi connectivity index (χ1) is 7.56. The molecule has 0 aromatic carbocycles. The second-order valence-electron chi connectivity index (χ2n) is 4.38. The highest BCUT2D eigenvalue weighted by Crippen LogP contribution is 2.21. The Morgan fingerprint density at radius 2 is 1.88 bits per heavy atom. The van der Waals surface area contributed by atoms with Gasteiger partial charge in [0.05, 0.1) is 0 Å². The van der Waals surface area contributed by atoms with Crippen LogP contribution < -0.4 is 10.9 Å². The molecule has 1 amide bonds. The lowest BCUT2D eigenvalue weighted by atomic mass is 10.2. The average molecular weight is 258 g/mol. The van der Waals surface area contributed by atoms with Crippen molar-refractivity contribution in [3.63, 3.8) is 0 Å². The molecule has 8 heteroatoms. The Morgan fingerprint density at radius 1 is 1.35 bits per heavy atom. The smallest absolute Gasteiger partial charge is 0.422 e. The van der Waals surface area contributed by atoms with Crippen molar-refractivity contribution in [2.45, 2.75) is 45.0 Å². The van der Waals surface area contributed by atoms with Crippen LogP contribution in [-0.4, -0.2) is 35.6 Å². The van der Waals surface area contributed by atoms with E-state index in [0.29, 0.717) is 0 Å². The molecule has 0 rings (SSSR count). The van der Waals surface area contributed by atoms with Crippen LogP contribution in [0.1, 0.15) is 27.2 Å². The van der Waals surface area contributed by atoms with Gasteiger partial charge in [-0.3, -0.25) is 5.43 Å². The van der Waals surface area contributed by atoms with E-state index < -0.39 is 36.9 Å². The van der Waals surface area contributed by atoms with Gasteiger partial charge >= 0.3 is 12.3 Å². The van der Waals surface area contributed by atoms with Crippen molar-refractivity contribution < 1.29 is 27.8 Å². The Kier molecular flexibility index (Phi) is 5.70. The predicted molar refractivity (Wildman–Crippen MR) is 54.1 cm³/mol. The van der Waals surface area contributed by atoms with Crippen LogP contribution >= 0.6 is 0 Å². The summed E-state index contributed by atoms with van der Waals surface area (Å²) in [7, 11) is 0. The van der Waals surface area contributed by atoms with E-state index in [1.807, 2.05) is 0 Å². The lowest BCUT2D eigenvalue weighted by Crippen LogP contribution is -2.52. The largest absolute Gasteiger partial charge is 0.443 e. The van der Waals surface area contributed by atoms with Crippen LogP contribution in [0.15, 0.2) is 0 Å². The average Bonchev–Trinajstić information content (AvgIpc) is 2.07. The summed E-state index contributed by atoms with van der Waals surface area (Å²) in [6.07, 6.45) is -6.12. The van der Waals surface area contributed by atoms with E-state index in [9.17, 15) is 18.0 Å². The van der Waals surface area contributed by atoms with E-state index >= 15 is 0 Å². The molecule has 0 aromatic heterocycles. The summed E-state index contributed by atoms with van der Waals surface area (Å²) in [6, 6.07) is -2.01. The third kappa shape index (κ3) is 7.81. The molecule has 5 nitrogen and oxygen atoms in total. The quantitative estimate of drug-likeness (QED) is 0.665. The molecule has 0 heterocycles.